The average molecular weight is 294 g/mol. The molecule has 0 spiro atoms. The van der Waals surface area contributed by atoms with Gasteiger partial charge in [0.05, 0.1) is 6.04 Å². The predicted molar refractivity (Wildman–Crippen MR) is 90.1 cm³/mol. The highest BCUT2D eigenvalue weighted by Crippen LogP contribution is 2.23. The Labute approximate surface area is 131 Å². The molecule has 0 aliphatic carbocycles. The molecule has 0 heterocycles. The molecule has 2 rings (SSSR count). The van der Waals surface area contributed by atoms with Crippen molar-refractivity contribution in [2.45, 2.75) is 19.0 Å². The van der Waals surface area contributed by atoms with Gasteiger partial charge in [-0.25, -0.2) is 0 Å². The summed E-state index contributed by atoms with van der Waals surface area (Å²) in [5.41, 5.74) is 7.92. The van der Waals surface area contributed by atoms with Crippen LogP contribution in [0.25, 0.3) is 0 Å². The second-order valence-electron chi connectivity index (χ2n) is 5.38. The van der Waals surface area contributed by atoms with Crippen molar-refractivity contribution in [1.82, 2.24) is 5.32 Å². The summed E-state index contributed by atoms with van der Waals surface area (Å²) in [7, 11) is 0. The second-order valence-corrected chi connectivity index (χ2v) is 5.38. The standard InChI is InChI=1S/C19H22N2O/c1-3-14(2)18(16-12-8-5-9-13-16)21-19(22)17(20)15-10-6-4-7-11-15/h3-14,17-18H,1,20H2,2H3,(H,21,22)/t14?,17-,18-/m1/s1. The fourth-order valence-corrected chi connectivity index (χ4v) is 2.37. The molecule has 0 saturated heterocycles. The Morgan fingerprint density at radius 1 is 1.05 bits per heavy atom. The first-order valence-electron chi connectivity index (χ1n) is 7.42. The largest absolute Gasteiger partial charge is 0.347 e. The van der Waals surface area contributed by atoms with Crippen molar-refractivity contribution in [3.8, 4) is 0 Å². The van der Waals surface area contributed by atoms with Gasteiger partial charge in [0.1, 0.15) is 6.04 Å². The molecule has 114 valence electrons. The molecule has 2 aromatic carbocycles. The van der Waals surface area contributed by atoms with E-state index in [0.29, 0.717) is 0 Å². The van der Waals surface area contributed by atoms with Gasteiger partial charge in [0.2, 0.25) is 5.91 Å². The van der Waals surface area contributed by atoms with E-state index in [4.69, 9.17) is 5.73 Å². The van der Waals surface area contributed by atoms with Gasteiger partial charge in [-0.15, -0.1) is 6.58 Å². The SMILES string of the molecule is C=CC(C)[C@@H](NC(=O)[C@H](N)c1ccccc1)c1ccccc1. The number of benzene rings is 2. The normalized spacial score (nSPS) is 14.6. The third kappa shape index (κ3) is 3.83. The minimum Gasteiger partial charge on any atom is -0.347 e. The van der Waals surface area contributed by atoms with Crippen LogP contribution in [-0.4, -0.2) is 5.91 Å². The van der Waals surface area contributed by atoms with Crippen LogP contribution in [0.2, 0.25) is 0 Å². The Bertz CT molecular complexity index is 610. The summed E-state index contributed by atoms with van der Waals surface area (Å²) >= 11 is 0. The van der Waals surface area contributed by atoms with Crippen LogP contribution in [0.4, 0.5) is 0 Å². The maximum atomic E-state index is 12.5. The molecular weight excluding hydrogens is 272 g/mol. The summed E-state index contributed by atoms with van der Waals surface area (Å²) in [6, 6.07) is 18.4. The highest BCUT2D eigenvalue weighted by atomic mass is 16.2. The number of amides is 1. The van der Waals surface area contributed by atoms with Crippen LogP contribution in [0.15, 0.2) is 73.3 Å². The molecule has 3 nitrogen and oxygen atoms in total. The maximum Gasteiger partial charge on any atom is 0.242 e. The van der Waals surface area contributed by atoms with Gasteiger partial charge < -0.3 is 11.1 Å². The summed E-state index contributed by atoms with van der Waals surface area (Å²) in [4.78, 5) is 12.5. The minimum absolute atomic E-state index is 0.106. The number of nitrogens with two attached hydrogens (primary N) is 1. The zero-order valence-corrected chi connectivity index (χ0v) is 12.8. The molecular formula is C19H22N2O. The summed E-state index contributed by atoms with van der Waals surface area (Å²) in [5.74, 6) is -0.0805. The van der Waals surface area contributed by atoms with Crippen LogP contribution in [0, 0.1) is 5.92 Å². The van der Waals surface area contributed by atoms with Crippen LogP contribution in [-0.2, 0) is 4.79 Å². The van der Waals surface area contributed by atoms with Crippen molar-refractivity contribution in [3.05, 3.63) is 84.4 Å². The molecule has 3 atom stereocenters. The number of nitrogens with one attached hydrogen (secondary N) is 1. The number of carbonyl (C=O) groups is 1. The van der Waals surface area contributed by atoms with Crippen LogP contribution in [0.5, 0.6) is 0 Å². The summed E-state index contributed by atoms with van der Waals surface area (Å²) in [5, 5.41) is 3.05. The smallest absolute Gasteiger partial charge is 0.242 e. The summed E-state index contributed by atoms with van der Waals surface area (Å²) < 4.78 is 0. The van der Waals surface area contributed by atoms with Gasteiger partial charge in [0.25, 0.3) is 0 Å². The highest BCUT2D eigenvalue weighted by Gasteiger charge is 2.23. The van der Waals surface area contributed by atoms with E-state index < -0.39 is 6.04 Å². The van der Waals surface area contributed by atoms with Crippen molar-refractivity contribution in [3.63, 3.8) is 0 Å². The number of rotatable bonds is 6. The van der Waals surface area contributed by atoms with E-state index in [2.05, 4.69) is 11.9 Å². The minimum atomic E-state index is -0.676. The van der Waals surface area contributed by atoms with E-state index in [1.165, 1.54) is 0 Å². The lowest BCUT2D eigenvalue weighted by Gasteiger charge is -2.25. The lowest BCUT2D eigenvalue weighted by atomic mass is 9.94. The molecule has 2 aromatic rings. The zero-order valence-electron chi connectivity index (χ0n) is 12.8. The van der Waals surface area contributed by atoms with Gasteiger partial charge in [-0.05, 0) is 17.0 Å². The topological polar surface area (TPSA) is 55.1 Å². The fraction of sp³-hybridized carbons (Fsp3) is 0.211. The molecule has 0 aliphatic rings. The van der Waals surface area contributed by atoms with Gasteiger partial charge in [0, 0.05) is 0 Å². The molecule has 0 saturated carbocycles. The first-order chi connectivity index (χ1) is 10.6. The first-order valence-corrected chi connectivity index (χ1v) is 7.42. The quantitative estimate of drug-likeness (QED) is 0.803. The summed E-state index contributed by atoms with van der Waals surface area (Å²) in [6.07, 6.45) is 1.84. The van der Waals surface area contributed by atoms with Crippen LogP contribution in [0.1, 0.15) is 30.1 Å². The van der Waals surface area contributed by atoms with Gasteiger partial charge in [-0.3, -0.25) is 4.79 Å². The third-order valence-electron chi connectivity index (χ3n) is 3.80. The Balaban J connectivity index is 2.17. The molecule has 0 aliphatic heterocycles. The van der Waals surface area contributed by atoms with Crippen molar-refractivity contribution >= 4 is 5.91 Å². The maximum absolute atomic E-state index is 12.5. The number of carbonyl (C=O) groups excluding carboxylic acids is 1. The van der Waals surface area contributed by atoms with E-state index in [-0.39, 0.29) is 17.9 Å². The van der Waals surface area contributed by atoms with E-state index in [1.54, 1.807) is 0 Å². The van der Waals surface area contributed by atoms with Gasteiger partial charge in [-0.1, -0.05) is 73.7 Å². The monoisotopic (exact) mass is 294 g/mol. The predicted octanol–water partition coefficient (Wildman–Crippen LogP) is 3.37. The van der Waals surface area contributed by atoms with Crippen LogP contribution >= 0.6 is 0 Å². The molecule has 1 amide bonds. The van der Waals surface area contributed by atoms with Crippen molar-refractivity contribution in [1.29, 1.82) is 0 Å². The molecule has 0 bridgehead atoms. The van der Waals surface area contributed by atoms with Crippen LogP contribution < -0.4 is 11.1 Å². The zero-order chi connectivity index (χ0) is 15.9. The van der Waals surface area contributed by atoms with E-state index >= 15 is 0 Å². The second kappa shape index (κ2) is 7.57. The van der Waals surface area contributed by atoms with Gasteiger partial charge in [-0.2, -0.15) is 0 Å². The first kappa shape index (κ1) is 16.0. The van der Waals surface area contributed by atoms with Crippen molar-refractivity contribution in [2.24, 2.45) is 11.7 Å². The molecule has 3 heteroatoms. The van der Waals surface area contributed by atoms with E-state index in [1.807, 2.05) is 73.7 Å². The Hall–Kier alpha value is -2.39. The molecule has 0 aromatic heterocycles. The van der Waals surface area contributed by atoms with E-state index in [0.717, 1.165) is 11.1 Å². The van der Waals surface area contributed by atoms with Crippen molar-refractivity contribution < 1.29 is 4.79 Å². The number of hydrogen-bond donors (Lipinski definition) is 2. The van der Waals surface area contributed by atoms with Crippen LogP contribution in [0.3, 0.4) is 0 Å². The Morgan fingerprint density at radius 2 is 1.55 bits per heavy atom. The lowest BCUT2D eigenvalue weighted by Crippen LogP contribution is -2.38. The Kier molecular flexibility index (Phi) is 5.50. The third-order valence-corrected chi connectivity index (χ3v) is 3.80. The highest BCUT2D eigenvalue weighted by molar-refractivity contribution is 5.83. The molecule has 0 radical (unpaired) electrons. The lowest BCUT2D eigenvalue weighted by molar-refractivity contribution is -0.123. The molecule has 22 heavy (non-hydrogen) atoms. The molecule has 1 unspecified atom stereocenters. The van der Waals surface area contributed by atoms with Crippen molar-refractivity contribution in [2.75, 3.05) is 0 Å². The fourth-order valence-electron chi connectivity index (χ4n) is 2.37. The molecule has 0 fully saturated rings. The van der Waals surface area contributed by atoms with Gasteiger partial charge >= 0.3 is 0 Å². The Morgan fingerprint density at radius 3 is 2.05 bits per heavy atom. The van der Waals surface area contributed by atoms with E-state index in [9.17, 15) is 4.79 Å². The molecule has 3 N–H and O–H groups in total. The average Bonchev–Trinajstić information content (AvgIpc) is 2.59. The van der Waals surface area contributed by atoms with Gasteiger partial charge in [0.15, 0.2) is 0 Å². The number of hydrogen-bond acceptors (Lipinski definition) is 2. The summed E-state index contributed by atoms with van der Waals surface area (Å²) in [6.45, 7) is 5.86.